The second kappa shape index (κ2) is 6.96. The lowest BCUT2D eigenvalue weighted by molar-refractivity contribution is -0.0588. The monoisotopic (exact) mass is 342 g/mol. The first-order valence-corrected chi connectivity index (χ1v) is 8.84. The smallest absolute Gasteiger partial charge is 0.293 e. The molecule has 25 heavy (non-hydrogen) atoms. The molecule has 6 nitrogen and oxygen atoms in total. The van der Waals surface area contributed by atoms with E-state index in [9.17, 15) is 4.79 Å². The number of amides is 1. The lowest BCUT2D eigenvalue weighted by Crippen LogP contribution is -2.48. The van der Waals surface area contributed by atoms with Crippen molar-refractivity contribution >= 4 is 5.91 Å². The van der Waals surface area contributed by atoms with Crippen LogP contribution in [0.25, 0.3) is 5.69 Å². The number of benzene rings is 1. The van der Waals surface area contributed by atoms with Gasteiger partial charge in [-0.3, -0.25) is 4.79 Å². The molecule has 134 valence electrons. The first-order chi connectivity index (χ1) is 11.9. The van der Waals surface area contributed by atoms with Crippen LogP contribution in [0.4, 0.5) is 0 Å². The Hall–Kier alpha value is -2.21. The fourth-order valence-corrected chi connectivity index (χ4v) is 3.36. The predicted octanol–water partition coefficient (Wildman–Crippen LogP) is 2.95. The van der Waals surface area contributed by atoms with Crippen molar-refractivity contribution in [2.45, 2.75) is 52.7 Å². The van der Waals surface area contributed by atoms with Gasteiger partial charge in [0.2, 0.25) is 5.82 Å². The minimum atomic E-state index is -0.133. The van der Waals surface area contributed by atoms with Crippen LogP contribution < -0.4 is 0 Å². The summed E-state index contributed by atoms with van der Waals surface area (Å²) in [5.74, 6) is 1.19. The minimum Gasteiger partial charge on any atom is -0.372 e. The van der Waals surface area contributed by atoms with Crippen LogP contribution in [0, 0.1) is 6.92 Å². The van der Waals surface area contributed by atoms with Crippen molar-refractivity contribution in [2.24, 2.45) is 0 Å². The van der Waals surface area contributed by atoms with Crippen LogP contribution in [0.15, 0.2) is 24.3 Å². The van der Waals surface area contributed by atoms with Crippen molar-refractivity contribution in [3.8, 4) is 5.69 Å². The average Bonchev–Trinajstić information content (AvgIpc) is 2.95. The zero-order valence-corrected chi connectivity index (χ0v) is 15.6. The van der Waals surface area contributed by atoms with Crippen LogP contribution >= 0.6 is 0 Å². The van der Waals surface area contributed by atoms with E-state index in [2.05, 4.69) is 30.0 Å². The summed E-state index contributed by atoms with van der Waals surface area (Å²) < 4.78 is 7.48. The molecule has 2 unspecified atom stereocenters. The van der Waals surface area contributed by atoms with E-state index in [0.29, 0.717) is 24.8 Å². The second-order valence-corrected chi connectivity index (χ2v) is 7.08. The third-order valence-electron chi connectivity index (χ3n) is 4.45. The Morgan fingerprint density at radius 1 is 1.20 bits per heavy atom. The van der Waals surface area contributed by atoms with Crippen molar-refractivity contribution in [1.82, 2.24) is 19.7 Å². The number of aryl methyl sites for hydroxylation is 1. The molecule has 1 aromatic heterocycles. The van der Waals surface area contributed by atoms with Crippen LogP contribution in [0.1, 0.15) is 55.6 Å². The molecule has 0 radical (unpaired) electrons. The number of rotatable bonds is 3. The SMILES string of the molecule is Cc1nc(C(=O)N2CC(C)OC(C)C2)nn1-c1ccccc1C(C)C. The molecule has 2 heterocycles. The summed E-state index contributed by atoms with van der Waals surface area (Å²) >= 11 is 0. The first kappa shape index (κ1) is 17.6. The Balaban J connectivity index is 1.92. The predicted molar refractivity (Wildman–Crippen MR) is 96.1 cm³/mol. The maximum atomic E-state index is 12.8. The van der Waals surface area contributed by atoms with Gasteiger partial charge in [0.25, 0.3) is 5.91 Å². The van der Waals surface area contributed by atoms with Gasteiger partial charge in [0, 0.05) is 13.1 Å². The number of carbonyl (C=O) groups excluding carboxylic acids is 1. The molecule has 0 bridgehead atoms. The van der Waals surface area contributed by atoms with E-state index >= 15 is 0 Å². The number of para-hydroxylation sites is 1. The van der Waals surface area contributed by atoms with Gasteiger partial charge in [-0.25, -0.2) is 9.67 Å². The number of ether oxygens (including phenoxy) is 1. The molecule has 1 aliphatic heterocycles. The number of hydrogen-bond donors (Lipinski definition) is 0. The van der Waals surface area contributed by atoms with E-state index in [0.717, 1.165) is 5.69 Å². The number of morpholine rings is 1. The van der Waals surface area contributed by atoms with Crippen molar-refractivity contribution in [3.63, 3.8) is 0 Å². The van der Waals surface area contributed by atoms with E-state index in [-0.39, 0.29) is 23.9 Å². The summed E-state index contributed by atoms with van der Waals surface area (Å²) in [4.78, 5) is 19.1. The second-order valence-electron chi connectivity index (χ2n) is 7.08. The summed E-state index contributed by atoms with van der Waals surface area (Å²) in [6.07, 6.45) is 0.0510. The summed E-state index contributed by atoms with van der Waals surface area (Å²) in [7, 11) is 0. The van der Waals surface area contributed by atoms with E-state index in [1.54, 1.807) is 9.58 Å². The maximum absolute atomic E-state index is 12.8. The van der Waals surface area contributed by atoms with Gasteiger partial charge in [-0.15, -0.1) is 5.10 Å². The van der Waals surface area contributed by atoms with Gasteiger partial charge < -0.3 is 9.64 Å². The van der Waals surface area contributed by atoms with E-state index in [4.69, 9.17) is 4.74 Å². The molecule has 1 aliphatic rings. The van der Waals surface area contributed by atoms with Crippen molar-refractivity contribution in [2.75, 3.05) is 13.1 Å². The van der Waals surface area contributed by atoms with E-state index < -0.39 is 0 Å². The third-order valence-corrected chi connectivity index (χ3v) is 4.45. The molecule has 0 saturated carbocycles. The molecular formula is C19H26N4O2. The summed E-state index contributed by atoms with van der Waals surface area (Å²) in [6.45, 7) is 11.3. The van der Waals surface area contributed by atoms with Crippen LogP contribution in [-0.4, -0.2) is 50.9 Å². The fourth-order valence-electron chi connectivity index (χ4n) is 3.36. The highest BCUT2D eigenvalue weighted by atomic mass is 16.5. The van der Waals surface area contributed by atoms with Gasteiger partial charge in [0.05, 0.1) is 17.9 Å². The lowest BCUT2D eigenvalue weighted by atomic mass is 10.0. The molecule has 2 atom stereocenters. The Bertz CT molecular complexity index is 759. The van der Waals surface area contributed by atoms with Crippen molar-refractivity contribution in [1.29, 1.82) is 0 Å². The number of nitrogens with zero attached hydrogens (tertiary/aromatic N) is 4. The van der Waals surface area contributed by atoms with Gasteiger partial charge in [-0.05, 0) is 38.3 Å². The first-order valence-electron chi connectivity index (χ1n) is 8.84. The van der Waals surface area contributed by atoms with Crippen LogP contribution in [-0.2, 0) is 4.74 Å². The highest BCUT2D eigenvalue weighted by molar-refractivity contribution is 5.90. The highest BCUT2D eigenvalue weighted by Crippen LogP contribution is 2.23. The molecule has 0 N–H and O–H groups in total. The molecule has 0 aliphatic carbocycles. The molecule has 1 fully saturated rings. The third kappa shape index (κ3) is 3.58. The molecule has 1 amide bonds. The Labute approximate surface area is 148 Å². The van der Waals surface area contributed by atoms with Crippen molar-refractivity contribution < 1.29 is 9.53 Å². The molecule has 6 heteroatoms. The van der Waals surface area contributed by atoms with E-state index in [1.807, 2.05) is 39.0 Å². The van der Waals surface area contributed by atoms with Gasteiger partial charge in [-0.2, -0.15) is 0 Å². The Morgan fingerprint density at radius 3 is 2.48 bits per heavy atom. The summed E-state index contributed by atoms with van der Waals surface area (Å²) in [6, 6.07) is 8.11. The number of carbonyl (C=O) groups is 1. The van der Waals surface area contributed by atoms with Crippen LogP contribution in [0.5, 0.6) is 0 Å². The number of hydrogen-bond acceptors (Lipinski definition) is 4. The zero-order valence-electron chi connectivity index (χ0n) is 15.6. The zero-order chi connectivity index (χ0) is 18.1. The molecule has 2 aromatic rings. The molecule has 1 saturated heterocycles. The van der Waals surface area contributed by atoms with E-state index in [1.165, 1.54) is 5.56 Å². The summed E-state index contributed by atoms with van der Waals surface area (Å²) in [5, 5.41) is 4.52. The van der Waals surface area contributed by atoms with Gasteiger partial charge >= 0.3 is 0 Å². The van der Waals surface area contributed by atoms with Gasteiger partial charge in [0.15, 0.2) is 0 Å². The average molecular weight is 342 g/mol. The largest absolute Gasteiger partial charge is 0.372 e. The summed E-state index contributed by atoms with van der Waals surface area (Å²) in [5.41, 5.74) is 2.16. The van der Waals surface area contributed by atoms with Crippen LogP contribution in [0.3, 0.4) is 0 Å². The Morgan fingerprint density at radius 2 is 1.84 bits per heavy atom. The van der Waals surface area contributed by atoms with Gasteiger partial charge in [-0.1, -0.05) is 32.0 Å². The molecular weight excluding hydrogens is 316 g/mol. The minimum absolute atomic E-state index is 0.0255. The highest BCUT2D eigenvalue weighted by Gasteiger charge is 2.29. The maximum Gasteiger partial charge on any atom is 0.293 e. The standard InChI is InChI=1S/C19H26N4O2/c1-12(2)16-8-6-7-9-17(16)23-15(5)20-18(21-23)19(24)22-10-13(3)25-14(4)11-22/h6-9,12-14H,10-11H2,1-5H3. The van der Waals surface area contributed by atoms with Crippen LogP contribution in [0.2, 0.25) is 0 Å². The molecule has 3 rings (SSSR count). The quantitative estimate of drug-likeness (QED) is 0.860. The Kier molecular flexibility index (Phi) is 4.90. The normalized spacial score (nSPS) is 21.0. The van der Waals surface area contributed by atoms with Gasteiger partial charge in [0.1, 0.15) is 5.82 Å². The fraction of sp³-hybridized carbons (Fsp3) is 0.526. The number of aromatic nitrogens is 3. The molecule has 0 spiro atoms. The lowest BCUT2D eigenvalue weighted by Gasteiger charge is -2.34. The topological polar surface area (TPSA) is 60.3 Å². The van der Waals surface area contributed by atoms with Crippen molar-refractivity contribution in [3.05, 3.63) is 41.5 Å². The molecule has 1 aromatic carbocycles.